The maximum Gasteiger partial charge on any atom is 0.278 e. The summed E-state index contributed by atoms with van der Waals surface area (Å²) in [6.07, 6.45) is 6.63. The summed E-state index contributed by atoms with van der Waals surface area (Å²) >= 11 is 0. The molecular formula is C14H15N3O4. The molecule has 1 amide bonds. The summed E-state index contributed by atoms with van der Waals surface area (Å²) in [6.45, 7) is 1.14. The fraction of sp³-hybridized carbons (Fsp3) is 0.357. The number of hydrogen-bond acceptors (Lipinski definition) is 6. The number of nitrogens with zero attached hydrogens (tertiary/aromatic N) is 3. The van der Waals surface area contributed by atoms with Crippen LogP contribution in [0.3, 0.4) is 0 Å². The van der Waals surface area contributed by atoms with E-state index in [1.807, 2.05) is 0 Å². The Morgan fingerprint density at radius 1 is 1.38 bits per heavy atom. The van der Waals surface area contributed by atoms with Gasteiger partial charge in [-0.05, 0) is 6.07 Å². The summed E-state index contributed by atoms with van der Waals surface area (Å²) in [5.41, 5.74) is 0.549. The fourth-order valence-electron chi connectivity index (χ4n) is 2.27. The van der Waals surface area contributed by atoms with Crippen LogP contribution in [0, 0.1) is 0 Å². The Morgan fingerprint density at radius 2 is 2.19 bits per heavy atom. The molecule has 0 aromatic carbocycles. The van der Waals surface area contributed by atoms with Crippen LogP contribution in [0.2, 0.25) is 0 Å². The quantitative estimate of drug-likeness (QED) is 0.846. The van der Waals surface area contributed by atoms with E-state index in [4.69, 9.17) is 13.9 Å². The molecule has 0 unspecified atom stereocenters. The molecule has 3 heterocycles. The number of amides is 1. The lowest BCUT2D eigenvalue weighted by molar-refractivity contribution is 0.0769. The van der Waals surface area contributed by atoms with Crippen LogP contribution < -0.4 is 9.47 Å². The number of methoxy groups -OCH3 is 1. The summed E-state index contributed by atoms with van der Waals surface area (Å²) in [7, 11) is 1.51. The maximum atomic E-state index is 12.2. The summed E-state index contributed by atoms with van der Waals surface area (Å²) in [4.78, 5) is 22.1. The van der Waals surface area contributed by atoms with E-state index in [1.165, 1.54) is 25.8 Å². The molecule has 1 aliphatic rings. The van der Waals surface area contributed by atoms with Crippen LogP contribution in [0.5, 0.6) is 11.8 Å². The minimum Gasteiger partial charge on any atom is -0.477 e. The number of carbonyl (C=O) groups is 1. The average molecular weight is 289 g/mol. The molecular weight excluding hydrogens is 274 g/mol. The molecule has 2 aromatic heterocycles. The molecule has 0 spiro atoms. The standard InChI is InChI=1S/C14H15N3O4/c1-19-12-13(16-5-4-15-12)21-11-2-6-17(8-11)14(18)10-3-7-20-9-10/h3-5,7,9,11H,2,6,8H2,1H3/t11-/m1/s1. The summed E-state index contributed by atoms with van der Waals surface area (Å²) in [6, 6.07) is 1.65. The van der Waals surface area contributed by atoms with E-state index < -0.39 is 0 Å². The van der Waals surface area contributed by atoms with E-state index in [0.717, 1.165) is 6.42 Å². The number of ether oxygens (including phenoxy) is 2. The van der Waals surface area contributed by atoms with Crippen molar-refractivity contribution >= 4 is 5.91 Å². The second kappa shape index (κ2) is 5.82. The van der Waals surface area contributed by atoms with Crippen LogP contribution in [0.25, 0.3) is 0 Å². The van der Waals surface area contributed by atoms with Crippen molar-refractivity contribution < 1.29 is 18.7 Å². The highest BCUT2D eigenvalue weighted by molar-refractivity contribution is 5.94. The van der Waals surface area contributed by atoms with Crippen molar-refractivity contribution in [1.82, 2.24) is 14.9 Å². The van der Waals surface area contributed by atoms with Crippen molar-refractivity contribution in [1.29, 1.82) is 0 Å². The predicted octanol–water partition coefficient (Wildman–Crippen LogP) is 1.37. The van der Waals surface area contributed by atoms with Crippen molar-refractivity contribution in [2.45, 2.75) is 12.5 Å². The van der Waals surface area contributed by atoms with E-state index in [9.17, 15) is 4.79 Å². The topological polar surface area (TPSA) is 77.7 Å². The second-order valence-corrected chi connectivity index (χ2v) is 4.66. The molecule has 21 heavy (non-hydrogen) atoms. The zero-order valence-electron chi connectivity index (χ0n) is 11.6. The Bertz CT molecular complexity index is 614. The molecule has 110 valence electrons. The van der Waals surface area contributed by atoms with Gasteiger partial charge in [0.05, 0.1) is 25.5 Å². The summed E-state index contributed by atoms with van der Waals surface area (Å²) in [5.74, 6) is 0.640. The zero-order chi connectivity index (χ0) is 14.7. The first-order valence-electron chi connectivity index (χ1n) is 6.61. The minimum atomic E-state index is -0.119. The van der Waals surface area contributed by atoms with Gasteiger partial charge in [-0.3, -0.25) is 4.79 Å². The Balaban J connectivity index is 1.63. The van der Waals surface area contributed by atoms with E-state index in [2.05, 4.69) is 9.97 Å². The van der Waals surface area contributed by atoms with Gasteiger partial charge in [0.1, 0.15) is 12.4 Å². The number of rotatable bonds is 4. The third kappa shape index (κ3) is 2.81. The molecule has 7 nitrogen and oxygen atoms in total. The molecule has 0 radical (unpaired) electrons. The molecule has 3 rings (SSSR count). The van der Waals surface area contributed by atoms with E-state index in [1.54, 1.807) is 17.2 Å². The van der Waals surface area contributed by atoms with Gasteiger partial charge in [-0.2, -0.15) is 0 Å². The van der Waals surface area contributed by atoms with Crippen LogP contribution in [0.4, 0.5) is 0 Å². The summed E-state index contributed by atoms with van der Waals surface area (Å²) in [5, 5.41) is 0. The molecule has 7 heteroatoms. The third-order valence-corrected chi connectivity index (χ3v) is 3.31. The van der Waals surface area contributed by atoms with Gasteiger partial charge in [0, 0.05) is 25.4 Å². The zero-order valence-corrected chi connectivity index (χ0v) is 11.6. The van der Waals surface area contributed by atoms with Gasteiger partial charge < -0.3 is 18.8 Å². The molecule has 0 bridgehead atoms. The van der Waals surface area contributed by atoms with E-state index in [-0.39, 0.29) is 12.0 Å². The van der Waals surface area contributed by atoms with Crippen LogP contribution in [-0.4, -0.2) is 47.1 Å². The Morgan fingerprint density at radius 3 is 2.90 bits per heavy atom. The predicted molar refractivity (Wildman–Crippen MR) is 72.2 cm³/mol. The van der Waals surface area contributed by atoms with Crippen LogP contribution in [-0.2, 0) is 0 Å². The largest absolute Gasteiger partial charge is 0.477 e. The highest BCUT2D eigenvalue weighted by Gasteiger charge is 2.29. The van der Waals surface area contributed by atoms with Gasteiger partial charge in [0.2, 0.25) is 0 Å². The van der Waals surface area contributed by atoms with Crippen LogP contribution >= 0.6 is 0 Å². The molecule has 1 saturated heterocycles. The molecule has 1 fully saturated rings. The Kier molecular flexibility index (Phi) is 3.72. The fourth-order valence-corrected chi connectivity index (χ4v) is 2.27. The minimum absolute atomic E-state index is 0.0547. The smallest absolute Gasteiger partial charge is 0.278 e. The number of aromatic nitrogens is 2. The average Bonchev–Trinajstić information content (AvgIpc) is 3.19. The highest BCUT2D eigenvalue weighted by atomic mass is 16.5. The lowest BCUT2D eigenvalue weighted by atomic mass is 10.3. The molecule has 2 aromatic rings. The highest BCUT2D eigenvalue weighted by Crippen LogP contribution is 2.24. The third-order valence-electron chi connectivity index (χ3n) is 3.31. The van der Waals surface area contributed by atoms with Gasteiger partial charge in [-0.1, -0.05) is 0 Å². The van der Waals surface area contributed by atoms with Crippen molar-refractivity contribution in [3.8, 4) is 11.8 Å². The molecule has 0 N–H and O–H groups in total. The first-order chi connectivity index (χ1) is 10.3. The van der Waals surface area contributed by atoms with Gasteiger partial charge >= 0.3 is 0 Å². The molecule has 0 saturated carbocycles. The van der Waals surface area contributed by atoms with E-state index in [0.29, 0.717) is 30.4 Å². The van der Waals surface area contributed by atoms with Crippen molar-refractivity contribution in [2.24, 2.45) is 0 Å². The number of carbonyl (C=O) groups excluding carboxylic acids is 1. The molecule has 1 aliphatic heterocycles. The monoisotopic (exact) mass is 289 g/mol. The van der Waals surface area contributed by atoms with E-state index >= 15 is 0 Å². The van der Waals surface area contributed by atoms with Gasteiger partial charge in [-0.15, -0.1) is 0 Å². The maximum absolute atomic E-state index is 12.2. The van der Waals surface area contributed by atoms with Crippen molar-refractivity contribution in [3.05, 3.63) is 36.5 Å². The van der Waals surface area contributed by atoms with Crippen molar-refractivity contribution in [2.75, 3.05) is 20.2 Å². The second-order valence-electron chi connectivity index (χ2n) is 4.66. The number of likely N-dealkylation sites (tertiary alicyclic amines) is 1. The van der Waals surface area contributed by atoms with Crippen LogP contribution in [0.1, 0.15) is 16.8 Å². The Hall–Kier alpha value is -2.57. The SMILES string of the molecule is COc1nccnc1O[C@@H]1CCN(C(=O)c2ccoc2)C1. The number of hydrogen-bond donors (Lipinski definition) is 0. The molecule has 1 atom stereocenters. The van der Waals surface area contributed by atoms with Gasteiger partial charge in [0.25, 0.3) is 17.7 Å². The Labute approximate surface area is 121 Å². The van der Waals surface area contributed by atoms with Crippen LogP contribution in [0.15, 0.2) is 35.4 Å². The van der Waals surface area contributed by atoms with Gasteiger partial charge in [0.15, 0.2) is 0 Å². The first-order valence-corrected chi connectivity index (χ1v) is 6.61. The van der Waals surface area contributed by atoms with Gasteiger partial charge in [-0.25, -0.2) is 9.97 Å². The van der Waals surface area contributed by atoms with Crippen molar-refractivity contribution in [3.63, 3.8) is 0 Å². The lowest BCUT2D eigenvalue weighted by Crippen LogP contribution is -2.30. The normalized spacial score (nSPS) is 17.8. The molecule has 0 aliphatic carbocycles. The summed E-state index contributed by atoms with van der Waals surface area (Å²) < 4.78 is 15.8. The first kappa shape index (κ1) is 13.4. The number of furan rings is 1. The lowest BCUT2D eigenvalue weighted by Gasteiger charge is -2.16.